The van der Waals surface area contributed by atoms with Crippen LogP contribution in [-0.2, 0) is 6.42 Å². The molecule has 74 valence electrons. The van der Waals surface area contributed by atoms with Crippen LogP contribution in [0, 0.1) is 6.92 Å². The number of rotatable bonds is 3. The van der Waals surface area contributed by atoms with E-state index in [-0.39, 0.29) is 6.04 Å². The second-order valence-electron chi connectivity index (χ2n) is 3.43. The van der Waals surface area contributed by atoms with E-state index in [1.54, 1.807) is 0 Å². The summed E-state index contributed by atoms with van der Waals surface area (Å²) < 4.78 is 0. The Morgan fingerprint density at radius 1 is 1.50 bits per heavy atom. The first kappa shape index (κ1) is 10.6. The summed E-state index contributed by atoms with van der Waals surface area (Å²) in [5.74, 6) is 0. The maximum Gasteiger partial charge on any atom is 0.0599 e. The Morgan fingerprint density at radius 3 is 2.79 bits per heavy atom. The molecular formula is C11H15N3. The van der Waals surface area contributed by atoms with Crippen molar-refractivity contribution >= 4 is 0 Å². The van der Waals surface area contributed by atoms with Crippen molar-refractivity contribution in [3.8, 4) is 0 Å². The van der Waals surface area contributed by atoms with E-state index in [0.717, 1.165) is 12.0 Å². The molecule has 0 aliphatic rings. The van der Waals surface area contributed by atoms with Crippen molar-refractivity contribution in [1.29, 1.82) is 0 Å². The first-order valence-corrected chi connectivity index (χ1v) is 4.82. The van der Waals surface area contributed by atoms with E-state index in [9.17, 15) is 0 Å². The zero-order valence-electron chi connectivity index (χ0n) is 8.86. The van der Waals surface area contributed by atoms with E-state index in [4.69, 9.17) is 5.53 Å². The quantitative estimate of drug-likeness (QED) is 0.393. The number of hydrogen-bond acceptors (Lipinski definition) is 1. The molecule has 0 heterocycles. The molecule has 0 fully saturated rings. The van der Waals surface area contributed by atoms with E-state index in [0.29, 0.717) is 0 Å². The maximum atomic E-state index is 8.37. The Morgan fingerprint density at radius 2 is 2.21 bits per heavy atom. The topological polar surface area (TPSA) is 48.8 Å². The minimum Gasteiger partial charge on any atom is -0.0862 e. The Kier molecular flexibility index (Phi) is 3.55. The molecule has 0 aliphatic carbocycles. The fraction of sp³-hybridized carbons (Fsp3) is 0.455. The molecule has 0 amide bonds. The van der Waals surface area contributed by atoms with Gasteiger partial charge >= 0.3 is 0 Å². The third kappa shape index (κ3) is 2.27. The van der Waals surface area contributed by atoms with Crippen molar-refractivity contribution in [1.82, 2.24) is 0 Å². The average Bonchev–Trinajstić information content (AvgIpc) is 2.19. The van der Waals surface area contributed by atoms with Crippen LogP contribution in [0.3, 0.4) is 0 Å². The lowest BCUT2D eigenvalue weighted by Gasteiger charge is -2.10. The predicted molar refractivity (Wildman–Crippen MR) is 58.1 cm³/mol. The summed E-state index contributed by atoms with van der Waals surface area (Å²) in [5.41, 5.74) is 12.0. The van der Waals surface area contributed by atoms with Gasteiger partial charge in [-0.1, -0.05) is 37.2 Å². The SMILES string of the molecule is CCc1ccc(C)c(C(C)N=[N+]=[N-])c1. The lowest BCUT2D eigenvalue weighted by Crippen LogP contribution is -1.94. The number of azide groups is 1. The third-order valence-electron chi connectivity index (χ3n) is 2.43. The van der Waals surface area contributed by atoms with Gasteiger partial charge < -0.3 is 0 Å². The molecule has 1 rings (SSSR count). The molecule has 3 nitrogen and oxygen atoms in total. The largest absolute Gasteiger partial charge is 0.0862 e. The van der Waals surface area contributed by atoms with Gasteiger partial charge in [-0.15, -0.1) is 0 Å². The van der Waals surface area contributed by atoms with Crippen molar-refractivity contribution in [2.75, 3.05) is 0 Å². The predicted octanol–water partition coefficient (Wildman–Crippen LogP) is 3.93. The van der Waals surface area contributed by atoms with Gasteiger partial charge in [-0.3, -0.25) is 0 Å². The standard InChI is InChI=1S/C11H15N3/c1-4-10-6-5-8(2)11(7-10)9(3)13-14-12/h5-7,9H,4H2,1-3H3. The highest BCUT2D eigenvalue weighted by Gasteiger charge is 2.06. The highest BCUT2D eigenvalue weighted by molar-refractivity contribution is 5.33. The molecule has 1 aromatic carbocycles. The molecule has 3 heteroatoms. The normalized spacial score (nSPS) is 11.9. The summed E-state index contributed by atoms with van der Waals surface area (Å²) in [6, 6.07) is 6.24. The number of benzene rings is 1. The Hall–Kier alpha value is -1.47. The molecule has 14 heavy (non-hydrogen) atoms. The molecule has 0 spiro atoms. The van der Waals surface area contributed by atoms with E-state index in [1.807, 2.05) is 13.8 Å². The van der Waals surface area contributed by atoms with Crippen LogP contribution in [0.4, 0.5) is 0 Å². The number of nitrogens with zero attached hydrogens (tertiary/aromatic N) is 3. The van der Waals surface area contributed by atoms with Crippen molar-refractivity contribution < 1.29 is 0 Å². The highest BCUT2D eigenvalue weighted by atomic mass is 15.1. The van der Waals surface area contributed by atoms with Gasteiger partial charge in [-0.25, -0.2) is 0 Å². The van der Waals surface area contributed by atoms with Crippen LogP contribution in [-0.4, -0.2) is 0 Å². The number of aryl methyl sites for hydroxylation is 2. The third-order valence-corrected chi connectivity index (χ3v) is 2.43. The molecular weight excluding hydrogens is 174 g/mol. The first-order chi connectivity index (χ1) is 6.69. The van der Waals surface area contributed by atoms with Crippen LogP contribution in [0.2, 0.25) is 0 Å². The molecule has 0 aliphatic heterocycles. The molecule has 0 bridgehead atoms. The maximum absolute atomic E-state index is 8.37. The van der Waals surface area contributed by atoms with Crippen molar-refractivity contribution in [3.05, 3.63) is 45.3 Å². The monoisotopic (exact) mass is 189 g/mol. The Bertz CT molecular complexity index is 365. The van der Waals surface area contributed by atoms with Gasteiger partial charge in [-0.05, 0) is 35.6 Å². The zero-order chi connectivity index (χ0) is 10.6. The molecule has 0 aromatic heterocycles. The van der Waals surface area contributed by atoms with Crippen LogP contribution >= 0.6 is 0 Å². The number of hydrogen-bond donors (Lipinski definition) is 0. The molecule has 0 radical (unpaired) electrons. The van der Waals surface area contributed by atoms with Crippen molar-refractivity contribution in [2.24, 2.45) is 5.11 Å². The zero-order valence-corrected chi connectivity index (χ0v) is 8.86. The molecule has 0 saturated carbocycles. The molecule has 1 aromatic rings. The molecule has 1 unspecified atom stereocenters. The highest BCUT2D eigenvalue weighted by Crippen LogP contribution is 2.22. The van der Waals surface area contributed by atoms with E-state index >= 15 is 0 Å². The minimum absolute atomic E-state index is 0.0773. The van der Waals surface area contributed by atoms with Gasteiger partial charge in [0.05, 0.1) is 6.04 Å². The van der Waals surface area contributed by atoms with Gasteiger partial charge in [0.1, 0.15) is 0 Å². The van der Waals surface area contributed by atoms with Gasteiger partial charge in [0.15, 0.2) is 0 Å². The van der Waals surface area contributed by atoms with Gasteiger partial charge in [0.25, 0.3) is 0 Å². The first-order valence-electron chi connectivity index (χ1n) is 4.82. The van der Waals surface area contributed by atoms with E-state index in [1.165, 1.54) is 11.1 Å². The van der Waals surface area contributed by atoms with E-state index < -0.39 is 0 Å². The fourth-order valence-corrected chi connectivity index (χ4v) is 1.50. The van der Waals surface area contributed by atoms with Crippen LogP contribution in [0.1, 0.15) is 36.6 Å². The second-order valence-corrected chi connectivity index (χ2v) is 3.43. The Labute approximate surface area is 84.4 Å². The van der Waals surface area contributed by atoms with Crippen LogP contribution in [0.15, 0.2) is 23.3 Å². The molecule has 0 saturated heterocycles. The second kappa shape index (κ2) is 4.68. The van der Waals surface area contributed by atoms with Crippen molar-refractivity contribution in [2.45, 2.75) is 33.2 Å². The average molecular weight is 189 g/mol. The van der Waals surface area contributed by atoms with Gasteiger partial charge in [0, 0.05) is 4.91 Å². The van der Waals surface area contributed by atoms with Gasteiger partial charge in [0.2, 0.25) is 0 Å². The van der Waals surface area contributed by atoms with Gasteiger partial charge in [-0.2, -0.15) is 0 Å². The summed E-state index contributed by atoms with van der Waals surface area (Å²) in [4.78, 5) is 2.83. The molecule has 1 atom stereocenters. The summed E-state index contributed by atoms with van der Waals surface area (Å²) in [5, 5.41) is 3.71. The fourth-order valence-electron chi connectivity index (χ4n) is 1.50. The lowest BCUT2D eigenvalue weighted by molar-refractivity contribution is 0.797. The summed E-state index contributed by atoms with van der Waals surface area (Å²) >= 11 is 0. The summed E-state index contributed by atoms with van der Waals surface area (Å²) in [7, 11) is 0. The van der Waals surface area contributed by atoms with Crippen molar-refractivity contribution in [3.63, 3.8) is 0 Å². The minimum atomic E-state index is -0.0773. The lowest BCUT2D eigenvalue weighted by atomic mass is 9.99. The van der Waals surface area contributed by atoms with Crippen LogP contribution in [0.25, 0.3) is 10.4 Å². The summed E-state index contributed by atoms with van der Waals surface area (Å²) in [6.45, 7) is 6.08. The summed E-state index contributed by atoms with van der Waals surface area (Å²) in [6.07, 6.45) is 1.01. The van der Waals surface area contributed by atoms with Crippen LogP contribution < -0.4 is 0 Å². The molecule has 0 N–H and O–H groups in total. The smallest absolute Gasteiger partial charge is 0.0599 e. The Balaban J connectivity index is 3.11. The van der Waals surface area contributed by atoms with Crippen LogP contribution in [0.5, 0.6) is 0 Å². The van der Waals surface area contributed by atoms with E-state index in [2.05, 4.69) is 35.1 Å².